The average molecular weight is 441 g/mol. The SMILES string of the molecule is Cc1cc(C)c2nc(-n3nc(C)cc3NC(=O)c3ccc(S(C)(=O)=O)cc3)sc2c1. The van der Waals surface area contributed by atoms with E-state index in [0.717, 1.165) is 33.3 Å². The molecule has 0 bridgehead atoms. The molecule has 0 saturated heterocycles. The van der Waals surface area contributed by atoms with Crippen molar-refractivity contribution in [3.05, 3.63) is 64.8 Å². The predicted molar refractivity (Wildman–Crippen MR) is 118 cm³/mol. The van der Waals surface area contributed by atoms with Crippen LogP contribution >= 0.6 is 11.3 Å². The molecule has 0 atom stereocenters. The van der Waals surface area contributed by atoms with Gasteiger partial charge < -0.3 is 5.32 Å². The van der Waals surface area contributed by atoms with Gasteiger partial charge in [0.2, 0.25) is 5.13 Å². The number of nitrogens with one attached hydrogen (secondary N) is 1. The van der Waals surface area contributed by atoms with Crippen LogP contribution in [0.4, 0.5) is 5.82 Å². The highest BCUT2D eigenvalue weighted by Crippen LogP contribution is 2.30. The number of sulfone groups is 1. The Morgan fingerprint density at radius 1 is 1.07 bits per heavy atom. The summed E-state index contributed by atoms with van der Waals surface area (Å²) < 4.78 is 25.9. The lowest BCUT2D eigenvalue weighted by atomic mass is 10.1. The fraction of sp³-hybridized carbons (Fsp3) is 0.190. The Balaban J connectivity index is 1.67. The molecule has 9 heteroatoms. The monoisotopic (exact) mass is 440 g/mol. The maximum Gasteiger partial charge on any atom is 0.256 e. The zero-order chi connectivity index (χ0) is 21.6. The first kappa shape index (κ1) is 20.2. The van der Waals surface area contributed by atoms with E-state index in [0.29, 0.717) is 16.5 Å². The second-order valence-corrected chi connectivity index (χ2v) is 10.3. The van der Waals surface area contributed by atoms with E-state index in [2.05, 4.69) is 22.5 Å². The zero-order valence-corrected chi connectivity index (χ0v) is 18.6. The van der Waals surface area contributed by atoms with Gasteiger partial charge in [0.25, 0.3) is 5.91 Å². The van der Waals surface area contributed by atoms with Gasteiger partial charge in [-0.15, -0.1) is 0 Å². The van der Waals surface area contributed by atoms with Crippen LogP contribution in [-0.2, 0) is 9.84 Å². The van der Waals surface area contributed by atoms with Gasteiger partial charge >= 0.3 is 0 Å². The summed E-state index contributed by atoms with van der Waals surface area (Å²) in [6.45, 7) is 5.91. The normalized spacial score (nSPS) is 11.7. The molecule has 0 saturated carbocycles. The van der Waals surface area contributed by atoms with Gasteiger partial charge in [0, 0.05) is 17.9 Å². The molecule has 0 fully saturated rings. The van der Waals surface area contributed by atoms with Gasteiger partial charge in [0.1, 0.15) is 5.82 Å². The van der Waals surface area contributed by atoms with Gasteiger partial charge in [-0.25, -0.2) is 13.4 Å². The Kier molecular flexibility index (Phi) is 4.95. The van der Waals surface area contributed by atoms with Gasteiger partial charge in [-0.2, -0.15) is 9.78 Å². The number of nitrogens with zero attached hydrogens (tertiary/aromatic N) is 3. The average Bonchev–Trinajstić information content (AvgIpc) is 3.24. The molecule has 0 aliphatic carbocycles. The van der Waals surface area contributed by atoms with Crippen LogP contribution in [0.5, 0.6) is 0 Å². The largest absolute Gasteiger partial charge is 0.306 e. The molecule has 0 aliphatic heterocycles. The molecule has 4 aromatic rings. The highest BCUT2D eigenvalue weighted by molar-refractivity contribution is 7.90. The second kappa shape index (κ2) is 7.33. The molecule has 0 spiro atoms. The molecule has 4 rings (SSSR count). The van der Waals surface area contributed by atoms with E-state index in [1.807, 2.05) is 20.8 Å². The first-order chi connectivity index (χ1) is 14.1. The second-order valence-electron chi connectivity index (χ2n) is 7.26. The maximum atomic E-state index is 12.7. The molecule has 2 aromatic heterocycles. The van der Waals surface area contributed by atoms with Crippen LogP contribution in [0.15, 0.2) is 47.4 Å². The van der Waals surface area contributed by atoms with E-state index in [1.54, 1.807) is 10.7 Å². The number of amides is 1. The molecule has 7 nitrogen and oxygen atoms in total. The predicted octanol–water partition coefficient (Wildman–Crippen LogP) is 4.06. The number of benzene rings is 2. The Bertz CT molecular complexity index is 1380. The highest BCUT2D eigenvalue weighted by Gasteiger charge is 2.17. The number of rotatable bonds is 4. The summed E-state index contributed by atoms with van der Waals surface area (Å²) in [7, 11) is -3.32. The Hall–Kier alpha value is -3.04. The molecule has 2 aromatic carbocycles. The summed E-state index contributed by atoms with van der Waals surface area (Å²) in [5.74, 6) is 0.141. The molecule has 1 amide bonds. The molecule has 0 aliphatic rings. The summed E-state index contributed by atoms with van der Waals surface area (Å²) in [6, 6.07) is 11.8. The lowest BCUT2D eigenvalue weighted by Gasteiger charge is -2.07. The summed E-state index contributed by atoms with van der Waals surface area (Å²) in [6.07, 6.45) is 1.13. The first-order valence-electron chi connectivity index (χ1n) is 9.18. The molecule has 2 heterocycles. The van der Waals surface area contributed by atoms with Crippen LogP contribution in [0.25, 0.3) is 15.3 Å². The quantitative estimate of drug-likeness (QED) is 0.516. The van der Waals surface area contributed by atoms with Gasteiger partial charge in [0.05, 0.1) is 20.8 Å². The van der Waals surface area contributed by atoms with Crippen LogP contribution < -0.4 is 5.32 Å². The van der Waals surface area contributed by atoms with Gasteiger partial charge in [-0.3, -0.25) is 4.79 Å². The molecular formula is C21H20N4O3S2. The third kappa shape index (κ3) is 3.86. The standard InChI is InChI=1S/C21H20N4O3S2/c1-12-9-13(2)19-17(10-12)29-21(23-19)25-18(11-14(3)24-25)22-20(26)15-5-7-16(8-6-15)30(4,27)28/h5-11H,1-4H3,(H,22,26). The summed E-state index contributed by atoms with van der Waals surface area (Å²) in [4.78, 5) is 17.6. The van der Waals surface area contributed by atoms with Gasteiger partial charge in [-0.1, -0.05) is 17.4 Å². The van der Waals surface area contributed by atoms with E-state index in [9.17, 15) is 13.2 Å². The fourth-order valence-corrected chi connectivity index (χ4v) is 4.96. The highest BCUT2D eigenvalue weighted by atomic mass is 32.2. The van der Waals surface area contributed by atoms with Crippen LogP contribution in [0.1, 0.15) is 27.2 Å². The molecule has 0 unspecified atom stereocenters. The number of thiazole rings is 1. The van der Waals surface area contributed by atoms with Crippen molar-refractivity contribution in [1.82, 2.24) is 14.8 Å². The van der Waals surface area contributed by atoms with Crippen LogP contribution in [0, 0.1) is 20.8 Å². The van der Waals surface area contributed by atoms with Crippen molar-refractivity contribution in [2.75, 3.05) is 11.6 Å². The molecule has 154 valence electrons. The van der Waals surface area contributed by atoms with Crippen molar-refractivity contribution in [2.24, 2.45) is 0 Å². The van der Waals surface area contributed by atoms with Crippen molar-refractivity contribution in [2.45, 2.75) is 25.7 Å². The first-order valence-corrected chi connectivity index (χ1v) is 11.9. The van der Waals surface area contributed by atoms with E-state index in [1.165, 1.54) is 35.6 Å². The minimum Gasteiger partial charge on any atom is -0.306 e. The molecule has 1 N–H and O–H groups in total. The van der Waals surface area contributed by atoms with Crippen LogP contribution in [0.2, 0.25) is 0 Å². The third-order valence-electron chi connectivity index (χ3n) is 4.62. The minimum absolute atomic E-state index is 0.167. The van der Waals surface area contributed by atoms with Crippen molar-refractivity contribution < 1.29 is 13.2 Å². The minimum atomic E-state index is -3.32. The molecule has 0 radical (unpaired) electrons. The number of aryl methyl sites for hydroxylation is 3. The summed E-state index contributed by atoms with van der Waals surface area (Å²) >= 11 is 1.51. The van der Waals surface area contributed by atoms with Gasteiger partial charge in [0.15, 0.2) is 9.84 Å². The zero-order valence-electron chi connectivity index (χ0n) is 16.9. The van der Waals surface area contributed by atoms with Crippen molar-refractivity contribution in [3.8, 4) is 5.13 Å². The molecular weight excluding hydrogens is 420 g/mol. The van der Waals surface area contributed by atoms with E-state index in [4.69, 9.17) is 4.98 Å². The molecule has 30 heavy (non-hydrogen) atoms. The van der Waals surface area contributed by atoms with E-state index >= 15 is 0 Å². The lowest BCUT2D eigenvalue weighted by Crippen LogP contribution is -2.15. The number of hydrogen-bond acceptors (Lipinski definition) is 6. The van der Waals surface area contributed by atoms with E-state index in [-0.39, 0.29) is 10.8 Å². The number of carbonyl (C=O) groups is 1. The Morgan fingerprint density at radius 3 is 2.43 bits per heavy atom. The Labute approximate surface area is 178 Å². The third-order valence-corrected chi connectivity index (χ3v) is 6.72. The van der Waals surface area contributed by atoms with Crippen molar-refractivity contribution >= 4 is 43.1 Å². The number of fused-ring (bicyclic) bond motifs is 1. The lowest BCUT2D eigenvalue weighted by molar-refractivity contribution is 0.102. The van der Waals surface area contributed by atoms with E-state index < -0.39 is 9.84 Å². The maximum absolute atomic E-state index is 12.7. The number of hydrogen-bond donors (Lipinski definition) is 1. The Morgan fingerprint density at radius 2 is 1.77 bits per heavy atom. The summed E-state index contributed by atoms with van der Waals surface area (Å²) in [5, 5.41) is 8.01. The van der Waals surface area contributed by atoms with Crippen LogP contribution in [0.3, 0.4) is 0 Å². The summed E-state index contributed by atoms with van der Waals surface area (Å²) in [5.41, 5.74) is 4.27. The number of aromatic nitrogens is 3. The van der Waals surface area contributed by atoms with Crippen LogP contribution in [-0.4, -0.2) is 35.3 Å². The van der Waals surface area contributed by atoms with Gasteiger partial charge in [-0.05, 0) is 62.2 Å². The van der Waals surface area contributed by atoms with Crippen molar-refractivity contribution in [1.29, 1.82) is 0 Å². The smallest absolute Gasteiger partial charge is 0.256 e. The topological polar surface area (TPSA) is 93.9 Å². The van der Waals surface area contributed by atoms with Crippen molar-refractivity contribution in [3.63, 3.8) is 0 Å². The fourth-order valence-electron chi connectivity index (χ4n) is 3.23. The number of anilines is 1. The number of carbonyl (C=O) groups excluding carboxylic acids is 1.